The van der Waals surface area contributed by atoms with Gasteiger partial charge in [-0.1, -0.05) is 0 Å². The summed E-state index contributed by atoms with van der Waals surface area (Å²) in [7, 11) is 0. The van der Waals surface area contributed by atoms with Crippen LogP contribution in [0.5, 0.6) is 17.2 Å². The summed E-state index contributed by atoms with van der Waals surface area (Å²) in [6.45, 7) is 1.61. The molecule has 0 aliphatic carbocycles. The van der Waals surface area contributed by atoms with Gasteiger partial charge in [-0.3, -0.25) is 0 Å². The maximum Gasteiger partial charge on any atom is 0.210 e. The van der Waals surface area contributed by atoms with Gasteiger partial charge in [0.1, 0.15) is 13.2 Å². The Morgan fingerprint density at radius 2 is 2.18 bits per heavy atom. The maximum absolute atomic E-state index is 13.9. The Kier molecular flexibility index (Phi) is 2.55. The van der Waals surface area contributed by atoms with Crippen molar-refractivity contribution in [2.45, 2.75) is 18.9 Å². The SMILES string of the molecule is Oc1c(C2CCCN2)cc2c(c1F)OCCO2. The Morgan fingerprint density at radius 3 is 2.94 bits per heavy atom. The second-order valence-electron chi connectivity index (χ2n) is 4.30. The summed E-state index contributed by atoms with van der Waals surface area (Å²) in [6, 6.07) is 1.68. The molecule has 0 amide bonds. The molecule has 17 heavy (non-hydrogen) atoms. The van der Waals surface area contributed by atoms with Gasteiger partial charge in [0.05, 0.1) is 0 Å². The Bertz CT molecular complexity index is 444. The lowest BCUT2D eigenvalue weighted by Crippen LogP contribution is -2.18. The van der Waals surface area contributed by atoms with Crippen molar-refractivity contribution in [1.82, 2.24) is 5.32 Å². The third kappa shape index (κ3) is 1.70. The molecule has 4 nitrogen and oxygen atoms in total. The van der Waals surface area contributed by atoms with Crippen molar-refractivity contribution in [2.24, 2.45) is 0 Å². The predicted molar refractivity (Wildman–Crippen MR) is 59.0 cm³/mol. The van der Waals surface area contributed by atoms with E-state index < -0.39 is 5.82 Å². The first-order valence-corrected chi connectivity index (χ1v) is 5.81. The van der Waals surface area contributed by atoms with Crippen molar-refractivity contribution in [3.8, 4) is 17.2 Å². The fourth-order valence-electron chi connectivity index (χ4n) is 2.37. The van der Waals surface area contributed by atoms with Crippen LogP contribution in [0.1, 0.15) is 24.4 Å². The van der Waals surface area contributed by atoms with E-state index in [4.69, 9.17) is 9.47 Å². The van der Waals surface area contributed by atoms with Gasteiger partial charge in [-0.15, -0.1) is 0 Å². The lowest BCUT2D eigenvalue weighted by atomic mass is 10.0. The van der Waals surface area contributed by atoms with E-state index in [1.165, 1.54) is 0 Å². The minimum Gasteiger partial charge on any atom is -0.504 e. The van der Waals surface area contributed by atoms with Crippen molar-refractivity contribution in [2.75, 3.05) is 19.8 Å². The Morgan fingerprint density at radius 1 is 1.35 bits per heavy atom. The molecule has 0 aromatic heterocycles. The van der Waals surface area contributed by atoms with Gasteiger partial charge in [-0.25, -0.2) is 0 Å². The van der Waals surface area contributed by atoms with E-state index in [1.807, 2.05) is 0 Å². The fourth-order valence-corrected chi connectivity index (χ4v) is 2.37. The molecule has 1 aromatic rings. The molecule has 0 radical (unpaired) electrons. The van der Waals surface area contributed by atoms with Gasteiger partial charge in [0, 0.05) is 11.6 Å². The van der Waals surface area contributed by atoms with E-state index in [2.05, 4.69) is 5.32 Å². The highest BCUT2D eigenvalue weighted by Gasteiger charge is 2.27. The quantitative estimate of drug-likeness (QED) is 0.783. The van der Waals surface area contributed by atoms with E-state index >= 15 is 0 Å². The van der Waals surface area contributed by atoms with Crippen LogP contribution in [0.3, 0.4) is 0 Å². The van der Waals surface area contributed by atoms with Gasteiger partial charge in [0.15, 0.2) is 11.5 Å². The fraction of sp³-hybridized carbons (Fsp3) is 0.500. The number of rotatable bonds is 1. The molecule has 1 saturated heterocycles. The van der Waals surface area contributed by atoms with Gasteiger partial charge in [-0.2, -0.15) is 4.39 Å². The average molecular weight is 239 g/mol. The van der Waals surface area contributed by atoms with Crippen molar-refractivity contribution in [3.63, 3.8) is 0 Å². The summed E-state index contributed by atoms with van der Waals surface area (Å²) < 4.78 is 24.4. The first kappa shape index (κ1) is 10.7. The van der Waals surface area contributed by atoms with Gasteiger partial charge in [0.25, 0.3) is 0 Å². The largest absolute Gasteiger partial charge is 0.504 e. The molecule has 2 aliphatic rings. The monoisotopic (exact) mass is 239 g/mol. The topological polar surface area (TPSA) is 50.7 Å². The van der Waals surface area contributed by atoms with Crippen LogP contribution >= 0.6 is 0 Å². The van der Waals surface area contributed by atoms with Gasteiger partial charge < -0.3 is 19.9 Å². The van der Waals surface area contributed by atoms with Crippen LogP contribution in [0.15, 0.2) is 6.07 Å². The summed E-state index contributed by atoms with van der Waals surface area (Å²) in [4.78, 5) is 0. The standard InChI is InChI=1S/C12H14FNO3/c13-10-11(15)7(8-2-1-3-14-8)6-9-12(10)17-5-4-16-9/h6,8,14-15H,1-5H2. The molecule has 92 valence electrons. The van der Waals surface area contributed by atoms with E-state index in [1.54, 1.807) is 6.07 Å². The summed E-state index contributed by atoms with van der Waals surface area (Å²) in [6.07, 6.45) is 1.92. The van der Waals surface area contributed by atoms with Gasteiger partial charge >= 0.3 is 0 Å². The van der Waals surface area contributed by atoms with E-state index in [0.29, 0.717) is 24.5 Å². The lowest BCUT2D eigenvalue weighted by molar-refractivity contribution is 0.162. The first-order chi connectivity index (χ1) is 8.27. The zero-order valence-electron chi connectivity index (χ0n) is 9.33. The highest BCUT2D eigenvalue weighted by molar-refractivity contribution is 5.53. The molecule has 2 heterocycles. The van der Waals surface area contributed by atoms with Crippen LogP contribution in [-0.2, 0) is 0 Å². The molecule has 2 aliphatic heterocycles. The Balaban J connectivity index is 2.06. The summed E-state index contributed by atoms with van der Waals surface area (Å²) in [5.41, 5.74) is 0.559. The molecular weight excluding hydrogens is 225 g/mol. The number of benzene rings is 1. The molecule has 2 N–H and O–H groups in total. The molecule has 0 bridgehead atoms. The number of hydrogen-bond acceptors (Lipinski definition) is 4. The number of hydrogen-bond donors (Lipinski definition) is 2. The van der Waals surface area contributed by atoms with Crippen LogP contribution in [0.25, 0.3) is 0 Å². The van der Waals surface area contributed by atoms with Crippen LogP contribution < -0.4 is 14.8 Å². The number of phenols is 1. The molecule has 1 atom stereocenters. The van der Waals surface area contributed by atoms with Crippen LogP contribution in [0, 0.1) is 5.82 Å². The molecule has 1 fully saturated rings. The molecule has 5 heteroatoms. The second-order valence-corrected chi connectivity index (χ2v) is 4.30. The predicted octanol–water partition coefficient (Wildman–Crippen LogP) is 1.73. The smallest absolute Gasteiger partial charge is 0.210 e. The highest BCUT2D eigenvalue weighted by atomic mass is 19.1. The van der Waals surface area contributed by atoms with E-state index in [0.717, 1.165) is 19.4 Å². The molecular formula is C12H14FNO3. The van der Waals surface area contributed by atoms with Crippen LogP contribution in [0.4, 0.5) is 4.39 Å². The maximum atomic E-state index is 13.9. The summed E-state index contributed by atoms with van der Waals surface area (Å²) in [5.74, 6) is -0.634. The summed E-state index contributed by atoms with van der Waals surface area (Å²) in [5, 5.41) is 13.1. The van der Waals surface area contributed by atoms with Crippen molar-refractivity contribution in [3.05, 3.63) is 17.4 Å². The lowest BCUT2D eigenvalue weighted by Gasteiger charge is -2.22. The number of ether oxygens (including phenoxy) is 2. The van der Waals surface area contributed by atoms with Crippen molar-refractivity contribution >= 4 is 0 Å². The minimum absolute atomic E-state index is 0.000302. The van der Waals surface area contributed by atoms with Gasteiger partial charge in [0.2, 0.25) is 11.6 Å². The Labute approximate surface area is 98.3 Å². The minimum atomic E-state index is -0.717. The highest BCUT2D eigenvalue weighted by Crippen LogP contribution is 2.43. The third-order valence-corrected chi connectivity index (χ3v) is 3.21. The zero-order chi connectivity index (χ0) is 11.8. The average Bonchev–Trinajstić information content (AvgIpc) is 2.87. The van der Waals surface area contributed by atoms with Gasteiger partial charge in [-0.05, 0) is 25.5 Å². The number of phenolic OH excluding ortho intramolecular Hbond substituents is 1. The third-order valence-electron chi connectivity index (χ3n) is 3.21. The van der Waals surface area contributed by atoms with Crippen molar-refractivity contribution in [1.29, 1.82) is 0 Å². The molecule has 0 spiro atoms. The molecule has 1 unspecified atom stereocenters. The number of halogens is 1. The molecule has 3 rings (SSSR count). The summed E-state index contributed by atoms with van der Waals surface area (Å²) >= 11 is 0. The van der Waals surface area contributed by atoms with E-state index in [-0.39, 0.29) is 17.5 Å². The number of fused-ring (bicyclic) bond motifs is 1. The van der Waals surface area contributed by atoms with E-state index in [9.17, 15) is 9.50 Å². The van der Waals surface area contributed by atoms with Crippen LogP contribution in [-0.4, -0.2) is 24.9 Å². The first-order valence-electron chi connectivity index (χ1n) is 5.81. The second kappa shape index (κ2) is 4.07. The molecule has 0 saturated carbocycles. The number of nitrogens with one attached hydrogen (secondary N) is 1. The number of aromatic hydroxyl groups is 1. The van der Waals surface area contributed by atoms with Crippen LogP contribution in [0.2, 0.25) is 0 Å². The zero-order valence-corrected chi connectivity index (χ0v) is 9.33. The molecule has 1 aromatic carbocycles. The van der Waals surface area contributed by atoms with Crippen molar-refractivity contribution < 1.29 is 19.0 Å². The normalized spacial score (nSPS) is 22.8. The Hall–Kier alpha value is -1.49.